The second-order valence-electron chi connectivity index (χ2n) is 5.25. The molecule has 7 nitrogen and oxygen atoms in total. The van der Waals surface area contributed by atoms with Gasteiger partial charge < -0.3 is 14.8 Å². The molecule has 1 aromatic carbocycles. The van der Waals surface area contributed by atoms with Crippen LogP contribution in [0, 0.1) is 0 Å². The highest BCUT2D eigenvalue weighted by molar-refractivity contribution is 7.89. The van der Waals surface area contributed by atoms with Gasteiger partial charge in [0, 0.05) is 25.0 Å². The van der Waals surface area contributed by atoms with Gasteiger partial charge in [-0.15, -0.1) is 0 Å². The predicted molar refractivity (Wildman–Crippen MR) is 90.1 cm³/mol. The van der Waals surface area contributed by atoms with Crippen LogP contribution in [-0.2, 0) is 14.8 Å². The molecule has 24 heavy (non-hydrogen) atoms. The number of hydrogen-bond donors (Lipinski definition) is 1. The van der Waals surface area contributed by atoms with E-state index >= 15 is 0 Å². The van der Waals surface area contributed by atoms with E-state index in [-0.39, 0.29) is 4.90 Å². The third kappa shape index (κ3) is 3.66. The molecule has 0 bridgehead atoms. The summed E-state index contributed by atoms with van der Waals surface area (Å²) in [6.45, 7) is 1.58. The van der Waals surface area contributed by atoms with Crippen molar-refractivity contribution in [1.82, 2.24) is 9.29 Å². The molecule has 0 atom stereocenters. The quantitative estimate of drug-likeness (QED) is 0.887. The monoisotopic (exact) mass is 349 g/mol. The fraction of sp³-hybridized carbons (Fsp3) is 0.312. The molecule has 8 heteroatoms. The van der Waals surface area contributed by atoms with Crippen molar-refractivity contribution in [2.45, 2.75) is 4.90 Å². The standard InChI is InChI=1S/C16H19N3O4S/c1-22-14-4-2-13(3-5-14)18-16-7-6-15(12-17-16)24(20,21)19-8-10-23-11-9-19/h2-7,12H,8-11H2,1H3,(H,17,18). The van der Waals surface area contributed by atoms with Gasteiger partial charge in [0.05, 0.1) is 20.3 Å². The lowest BCUT2D eigenvalue weighted by molar-refractivity contribution is 0.0730. The average Bonchev–Trinajstić information content (AvgIpc) is 2.63. The second-order valence-corrected chi connectivity index (χ2v) is 7.19. The molecule has 0 radical (unpaired) electrons. The van der Waals surface area contributed by atoms with Crippen LogP contribution in [0.5, 0.6) is 5.75 Å². The Labute approximate surface area is 141 Å². The minimum Gasteiger partial charge on any atom is -0.497 e. The normalized spacial score (nSPS) is 15.9. The Morgan fingerprint density at radius 3 is 2.42 bits per heavy atom. The lowest BCUT2D eigenvalue weighted by Gasteiger charge is -2.25. The number of hydrogen-bond acceptors (Lipinski definition) is 6. The molecule has 1 aromatic heterocycles. The molecule has 2 aromatic rings. The first-order valence-corrected chi connectivity index (χ1v) is 8.98. The van der Waals surface area contributed by atoms with Crippen LogP contribution in [-0.4, -0.2) is 51.1 Å². The maximum Gasteiger partial charge on any atom is 0.244 e. The zero-order valence-corrected chi connectivity index (χ0v) is 14.1. The summed E-state index contributed by atoms with van der Waals surface area (Å²) >= 11 is 0. The number of aromatic nitrogens is 1. The third-order valence-corrected chi connectivity index (χ3v) is 5.59. The summed E-state index contributed by atoms with van der Waals surface area (Å²) < 4.78 is 36.8. The molecule has 1 fully saturated rings. The molecule has 0 aliphatic carbocycles. The Bertz CT molecular complexity index is 770. The summed E-state index contributed by atoms with van der Waals surface area (Å²) in [6.07, 6.45) is 1.37. The van der Waals surface area contributed by atoms with E-state index in [4.69, 9.17) is 9.47 Å². The first kappa shape index (κ1) is 16.7. The Morgan fingerprint density at radius 2 is 1.83 bits per heavy atom. The lowest BCUT2D eigenvalue weighted by Crippen LogP contribution is -2.40. The summed E-state index contributed by atoms with van der Waals surface area (Å²) in [6, 6.07) is 10.6. The van der Waals surface area contributed by atoms with E-state index in [0.29, 0.717) is 32.1 Å². The summed E-state index contributed by atoms with van der Waals surface area (Å²) in [5.74, 6) is 1.33. The maximum atomic E-state index is 12.5. The van der Waals surface area contributed by atoms with Crippen LogP contribution in [0.3, 0.4) is 0 Å². The van der Waals surface area contributed by atoms with Gasteiger partial charge in [-0.2, -0.15) is 4.31 Å². The van der Waals surface area contributed by atoms with Crippen LogP contribution in [0.1, 0.15) is 0 Å². The fourth-order valence-corrected chi connectivity index (χ4v) is 3.72. The van der Waals surface area contributed by atoms with E-state index in [1.165, 1.54) is 10.5 Å². The van der Waals surface area contributed by atoms with Gasteiger partial charge in [0.2, 0.25) is 10.0 Å². The van der Waals surface area contributed by atoms with Crippen molar-refractivity contribution in [3.8, 4) is 5.75 Å². The molecule has 0 spiro atoms. The number of nitrogens with zero attached hydrogens (tertiary/aromatic N) is 2. The molecule has 0 unspecified atom stereocenters. The molecule has 128 valence electrons. The Kier molecular flexibility index (Phi) is 4.98. The number of methoxy groups -OCH3 is 1. The number of anilines is 2. The second kappa shape index (κ2) is 7.16. The molecular weight excluding hydrogens is 330 g/mol. The van der Waals surface area contributed by atoms with Crippen LogP contribution in [0.15, 0.2) is 47.5 Å². The van der Waals surface area contributed by atoms with Crippen molar-refractivity contribution in [1.29, 1.82) is 0 Å². The van der Waals surface area contributed by atoms with Gasteiger partial charge in [-0.3, -0.25) is 0 Å². The summed E-state index contributed by atoms with van der Waals surface area (Å²) in [4.78, 5) is 4.38. The topological polar surface area (TPSA) is 80.8 Å². The number of sulfonamides is 1. The van der Waals surface area contributed by atoms with Crippen LogP contribution in [0.2, 0.25) is 0 Å². The first-order valence-electron chi connectivity index (χ1n) is 7.54. The summed E-state index contributed by atoms with van der Waals surface area (Å²) in [5.41, 5.74) is 0.840. The van der Waals surface area contributed by atoms with Gasteiger partial charge in [0.15, 0.2) is 0 Å². The SMILES string of the molecule is COc1ccc(Nc2ccc(S(=O)(=O)N3CCOCC3)cn2)cc1. The number of morpholine rings is 1. The fourth-order valence-electron chi connectivity index (χ4n) is 2.37. The minimum atomic E-state index is -3.51. The average molecular weight is 349 g/mol. The minimum absolute atomic E-state index is 0.185. The van der Waals surface area contributed by atoms with Gasteiger partial charge in [0.25, 0.3) is 0 Å². The number of rotatable bonds is 5. The highest BCUT2D eigenvalue weighted by Gasteiger charge is 2.26. The van der Waals surface area contributed by atoms with Crippen molar-refractivity contribution in [3.63, 3.8) is 0 Å². The van der Waals surface area contributed by atoms with E-state index in [1.54, 1.807) is 19.2 Å². The van der Waals surface area contributed by atoms with Crippen molar-refractivity contribution >= 4 is 21.5 Å². The zero-order valence-electron chi connectivity index (χ0n) is 13.3. The van der Waals surface area contributed by atoms with Crippen molar-refractivity contribution in [3.05, 3.63) is 42.6 Å². The molecule has 0 saturated carbocycles. The summed E-state index contributed by atoms with van der Waals surface area (Å²) in [5, 5.41) is 3.12. The van der Waals surface area contributed by atoms with Crippen molar-refractivity contribution < 1.29 is 17.9 Å². The number of nitrogens with one attached hydrogen (secondary N) is 1. The lowest BCUT2D eigenvalue weighted by atomic mass is 10.3. The molecule has 1 N–H and O–H groups in total. The molecule has 1 aliphatic rings. The maximum absolute atomic E-state index is 12.5. The molecule has 1 saturated heterocycles. The Balaban J connectivity index is 1.72. The molecule has 2 heterocycles. The molecule has 3 rings (SSSR count). The van der Waals surface area contributed by atoms with Crippen LogP contribution >= 0.6 is 0 Å². The van der Waals surface area contributed by atoms with E-state index in [0.717, 1.165) is 11.4 Å². The van der Waals surface area contributed by atoms with Crippen LogP contribution in [0.25, 0.3) is 0 Å². The third-order valence-electron chi connectivity index (χ3n) is 3.71. The van der Waals surface area contributed by atoms with E-state index in [2.05, 4.69) is 10.3 Å². The van der Waals surface area contributed by atoms with Gasteiger partial charge in [-0.05, 0) is 36.4 Å². The zero-order chi connectivity index (χ0) is 17.0. The highest BCUT2D eigenvalue weighted by Crippen LogP contribution is 2.21. The Hall–Kier alpha value is -2.16. The van der Waals surface area contributed by atoms with Crippen LogP contribution in [0.4, 0.5) is 11.5 Å². The molecule has 1 aliphatic heterocycles. The smallest absolute Gasteiger partial charge is 0.244 e. The largest absolute Gasteiger partial charge is 0.497 e. The highest BCUT2D eigenvalue weighted by atomic mass is 32.2. The molecular formula is C16H19N3O4S. The molecule has 0 amide bonds. The van der Waals surface area contributed by atoms with Crippen molar-refractivity contribution in [2.75, 3.05) is 38.7 Å². The van der Waals surface area contributed by atoms with Gasteiger partial charge in [-0.25, -0.2) is 13.4 Å². The first-order chi connectivity index (χ1) is 11.6. The van der Waals surface area contributed by atoms with Gasteiger partial charge >= 0.3 is 0 Å². The van der Waals surface area contributed by atoms with Gasteiger partial charge in [-0.1, -0.05) is 0 Å². The number of ether oxygens (including phenoxy) is 2. The van der Waals surface area contributed by atoms with E-state index < -0.39 is 10.0 Å². The number of benzene rings is 1. The predicted octanol–water partition coefficient (Wildman–Crippen LogP) is 1.85. The number of pyridine rings is 1. The summed E-state index contributed by atoms with van der Waals surface area (Å²) in [7, 11) is -1.91. The van der Waals surface area contributed by atoms with Crippen LogP contribution < -0.4 is 10.1 Å². The van der Waals surface area contributed by atoms with E-state index in [9.17, 15) is 8.42 Å². The van der Waals surface area contributed by atoms with Gasteiger partial charge in [0.1, 0.15) is 16.5 Å². The Morgan fingerprint density at radius 1 is 1.12 bits per heavy atom. The van der Waals surface area contributed by atoms with E-state index in [1.807, 2.05) is 24.3 Å². The van der Waals surface area contributed by atoms with Crippen molar-refractivity contribution in [2.24, 2.45) is 0 Å².